The van der Waals surface area contributed by atoms with Gasteiger partial charge in [0.25, 0.3) is 0 Å². The molecule has 0 spiro atoms. The number of nitrogens with two attached hydrogens (primary N) is 1. The second-order valence-electron chi connectivity index (χ2n) is 5.77. The third-order valence-corrected chi connectivity index (χ3v) is 3.40. The Labute approximate surface area is 136 Å². The summed E-state index contributed by atoms with van der Waals surface area (Å²) < 4.78 is 5.41. The second-order valence-corrected chi connectivity index (χ2v) is 5.77. The van der Waals surface area contributed by atoms with Gasteiger partial charge in [0, 0.05) is 35.3 Å². The quantitative estimate of drug-likeness (QED) is 0.855. The van der Waals surface area contributed by atoms with E-state index in [1.165, 1.54) is 6.33 Å². The Morgan fingerprint density at radius 3 is 2.61 bits per heavy atom. The topological polar surface area (TPSA) is 90.1 Å². The third kappa shape index (κ3) is 4.50. The van der Waals surface area contributed by atoms with Crippen LogP contribution in [0.1, 0.15) is 20.3 Å². The summed E-state index contributed by atoms with van der Waals surface area (Å²) in [6.07, 6.45) is 5.53. The maximum atomic E-state index is 12.1. The molecule has 2 aromatic rings. The molecule has 1 atom stereocenters. The molecule has 1 aromatic heterocycles. The van der Waals surface area contributed by atoms with Gasteiger partial charge >= 0.3 is 0 Å². The van der Waals surface area contributed by atoms with Crippen molar-refractivity contribution in [3.63, 3.8) is 0 Å². The first-order chi connectivity index (χ1) is 11.0. The molecule has 6 heteroatoms. The van der Waals surface area contributed by atoms with Crippen LogP contribution >= 0.6 is 0 Å². The number of rotatable bonds is 6. The molecule has 0 aliphatic carbocycles. The molecule has 0 bridgehead atoms. The second kappa shape index (κ2) is 7.69. The molecule has 0 aliphatic heterocycles. The summed E-state index contributed by atoms with van der Waals surface area (Å²) in [6.45, 7) is 4.07. The molecule has 6 nitrogen and oxygen atoms in total. The summed E-state index contributed by atoms with van der Waals surface area (Å²) in [6, 6.07) is 4.91. The summed E-state index contributed by atoms with van der Waals surface area (Å²) in [5.74, 6) is 0.803. The Bertz CT molecular complexity index is 659. The smallest absolute Gasteiger partial charge is 0.241 e. The molecule has 3 N–H and O–H groups in total. The molecule has 23 heavy (non-hydrogen) atoms. The Morgan fingerprint density at radius 2 is 2.00 bits per heavy atom. The zero-order valence-corrected chi connectivity index (χ0v) is 13.6. The molecule has 0 unspecified atom stereocenters. The lowest BCUT2D eigenvalue weighted by Crippen LogP contribution is -2.36. The van der Waals surface area contributed by atoms with E-state index in [1.54, 1.807) is 25.6 Å². The summed E-state index contributed by atoms with van der Waals surface area (Å²) >= 11 is 0. The van der Waals surface area contributed by atoms with Crippen molar-refractivity contribution < 1.29 is 9.53 Å². The average Bonchev–Trinajstić information content (AvgIpc) is 2.54. The summed E-state index contributed by atoms with van der Waals surface area (Å²) in [4.78, 5) is 20.1. The number of nitrogens with one attached hydrogen (secondary N) is 1. The fourth-order valence-corrected chi connectivity index (χ4v) is 2.30. The van der Waals surface area contributed by atoms with Crippen LogP contribution < -0.4 is 15.8 Å². The van der Waals surface area contributed by atoms with Crippen molar-refractivity contribution in [1.82, 2.24) is 9.97 Å². The first kappa shape index (κ1) is 16.9. The van der Waals surface area contributed by atoms with Crippen molar-refractivity contribution in [2.75, 3.05) is 12.4 Å². The van der Waals surface area contributed by atoms with Gasteiger partial charge in [0.05, 0.1) is 13.2 Å². The van der Waals surface area contributed by atoms with Gasteiger partial charge in [-0.25, -0.2) is 9.97 Å². The van der Waals surface area contributed by atoms with Gasteiger partial charge < -0.3 is 15.8 Å². The standard InChI is InChI=1S/C17H22N4O2/c1-11(2)6-15(18)17(22)21-13-4-5-14(16(7-13)23-3)12-8-19-10-20-9-12/h4-5,7-11,15H,6,18H2,1-3H3,(H,21,22)/t15-/m1/s1. The molecule has 1 heterocycles. The van der Waals surface area contributed by atoms with Crippen LogP contribution in [0, 0.1) is 5.92 Å². The Balaban J connectivity index is 2.18. The number of benzene rings is 1. The number of methoxy groups -OCH3 is 1. The van der Waals surface area contributed by atoms with Crippen molar-refractivity contribution in [1.29, 1.82) is 0 Å². The lowest BCUT2D eigenvalue weighted by atomic mass is 10.0. The maximum absolute atomic E-state index is 12.1. The van der Waals surface area contributed by atoms with Crippen LogP contribution in [0.3, 0.4) is 0 Å². The maximum Gasteiger partial charge on any atom is 0.241 e. The molecule has 1 amide bonds. The van der Waals surface area contributed by atoms with Crippen LogP contribution in [0.2, 0.25) is 0 Å². The number of amides is 1. The monoisotopic (exact) mass is 314 g/mol. The molecule has 122 valence electrons. The molecular formula is C17H22N4O2. The van der Waals surface area contributed by atoms with Crippen molar-refractivity contribution in [3.05, 3.63) is 36.9 Å². The lowest BCUT2D eigenvalue weighted by molar-refractivity contribution is -0.117. The molecule has 0 radical (unpaired) electrons. The van der Waals surface area contributed by atoms with E-state index < -0.39 is 6.04 Å². The number of anilines is 1. The average molecular weight is 314 g/mol. The van der Waals surface area contributed by atoms with Crippen LogP contribution in [0.5, 0.6) is 5.75 Å². The molecule has 0 saturated heterocycles. The molecular weight excluding hydrogens is 292 g/mol. The highest BCUT2D eigenvalue weighted by atomic mass is 16.5. The minimum absolute atomic E-state index is 0.198. The van der Waals surface area contributed by atoms with Gasteiger partial charge in [-0.05, 0) is 24.5 Å². The van der Waals surface area contributed by atoms with E-state index in [9.17, 15) is 4.79 Å². The fraction of sp³-hybridized carbons (Fsp3) is 0.353. The van der Waals surface area contributed by atoms with Crippen molar-refractivity contribution in [2.24, 2.45) is 11.7 Å². The van der Waals surface area contributed by atoms with Gasteiger partial charge in [0.2, 0.25) is 5.91 Å². The van der Waals surface area contributed by atoms with Crippen LogP contribution in [0.25, 0.3) is 11.1 Å². The third-order valence-electron chi connectivity index (χ3n) is 3.40. The highest BCUT2D eigenvalue weighted by Crippen LogP contribution is 2.31. The van der Waals surface area contributed by atoms with Gasteiger partial charge in [-0.3, -0.25) is 4.79 Å². The molecule has 2 rings (SSSR count). The van der Waals surface area contributed by atoms with E-state index >= 15 is 0 Å². The molecule has 1 aromatic carbocycles. The Hall–Kier alpha value is -2.47. The SMILES string of the molecule is COc1cc(NC(=O)[C@H](N)CC(C)C)ccc1-c1cncnc1. The summed E-state index contributed by atoms with van der Waals surface area (Å²) in [5.41, 5.74) is 8.25. The largest absolute Gasteiger partial charge is 0.496 e. The van der Waals surface area contributed by atoms with Crippen LogP contribution in [-0.4, -0.2) is 29.0 Å². The zero-order valence-electron chi connectivity index (χ0n) is 13.6. The summed E-state index contributed by atoms with van der Waals surface area (Å²) in [5, 5.41) is 2.83. The lowest BCUT2D eigenvalue weighted by Gasteiger charge is -2.15. The number of aromatic nitrogens is 2. The highest BCUT2D eigenvalue weighted by molar-refractivity contribution is 5.95. The fourth-order valence-electron chi connectivity index (χ4n) is 2.30. The van der Waals surface area contributed by atoms with Crippen LogP contribution in [0.4, 0.5) is 5.69 Å². The number of nitrogens with zero attached hydrogens (tertiary/aromatic N) is 2. The minimum atomic E-state index is -0.525. The van der Waals surface area contributed by atoms with Crippen LogP contribution in [-0.2, 0) is 4.79 Å². The van der Waals surface area contributed by atoms with Gasteiger partial charge in [-0.15, -0.1) is 0 Å². The zero-order chi connectivity index (χ0) is 16.8. The van der Waals surface area contributed by atoms with Gasteiger partial charge in [-0.1, -0.05) is 13.8 Å². The first-order valence-corrected chi connectivity index (χ1v) is 7.51. The van der Waals surface area contributed by atoms with Crippen LogP contribution in [0.15, 0.2) is 36.9 Å². The number of hydrogen-bond donors (Lipinski definition) is 2. The minimum Gasteiger partial charge on any atom is -0.496 e. The number of hydrogen-bond acceptors (Lipinski definition) is 5. The van der Waals surface area contributed by atoms with Gasteiger partial charge in [0.15, 0.2) is 0 Å². The van der Waals surface area contributed by atoms with E-state index in [-0.39, 0.29) is 5.91 Å². The number of carbonyl (C=O) groups excluding carboxylic acids is 1. The van der Waals surface area contributed by atoms with Gasteiger partial charge in [-0.2, -0.15) is 0 Å². The van der Waals surface area contributed by atoms with E-state index in [0.717, 1.165) is 11.1 Å². The predicted octanol–water partition coefficient (Wildman–Crippen LogP) is 2.46. The molecule has 0 aliphatic rings. The Morgan fingerprint density at radius 1 is 1.30 bits per heavy atom. The van der Waals surface area contributed by atoms with Crippen molar-refractivity contribution in [2.45, 2.75) is 26.3 Å². The van der Waals surface area contributed by atoms with Crippen molar-refractivity contribution in [3.8, 4) is 16.9 Å². The van der Waals surface area contributed by atoms with E-state index in [1.807, 2.05) is 26.0 Å². The number of carbonyl (C=O) groups is 1. The normalized spacial score (nSPS) is 12.0. The van der Waals surface area contributed by atoms with E-state index in [4.69, 9.17) is 10.5 Å². The van der Waals surface area contributed by atoms with E-state index in [2.05, 4.69) is 15.3 Å². The highest BCUT2D eigenvalue weighted by Gasteiger charge is 2.16. The van der Waals surface area contributed by atoms with E-state index in [0.29, 0.717) is 23.8 Å². The first-order valence-electron chi connectivity index (χ1n) is 7.51. The molecule has 0 fully saturated rings. The predicted molar refractivity (Wildman–Crippen MR) is 90.1 cm³/mol. The summed E-state index contributed by atoms with van der Waals surface area (Å²) in [7, 11) is 1.58. The van der Waals surface area contributed by atoms with Crippen molar-refractivity contribution >= 4 is 11.6 Å². The Kier molecular flexibility index (Phi) is 5.65. The number of ether oxygens (including phenoxy) is 1. The molecule has 0 saturated carbocycles. The van der Waals surface area contributed by atoms with Gasteiger partial charge in [0.1, 0.15) is 12.1 Å².